The number of aliphatic imine (C=N–C) groups is 1. The van der Waals surface area contributed by atoms with Crippen molar-refractivity contribution in [3.63, 3.8) is 0 Å². The van der Waals surface area contributed by atoms with Gasteiger partial charge in [-0.3, -0.25) is 0 Å². The molecule has 1 saturated carbocycles. The van der Waals surface area contributed by atoms with Gasteiger partial charge in [0.15, 0.2) is 0 Å². The maximum Gasteiger partial charge on any atom is 0.235 e. The van der Waals surface area contributed by atoms with Gasteiger partial charge in [0.1, 0.15) is 0 Å². The summed E-state index contributed by atoms with van der Waals surface area (Å²) in [6.07, 6.45) is 4.82. The summed E-state index contributed by atoms with van der Waals surface area (Å²) in [5.41, 5.74) is 1.95. The molecule has 0 aromatic heterocycles. The van der Waals surface area contributed by atoms with Crippen LogP contribution in [-0.4, -0.2) is 13.2 Å². The van der Waals surface area contributed by atoms with Gasteiger partial charge in [-0.1, -0.05) is 24.3 Å². The molecular formula is C14H17NO2. The lowest BCUT2D eigenvalue weighted by atomic mass is 9.72. The van der Waals surface area contributed by atoms with Gasteiger partial charge in [-0.25, -0.2) is 4.79 Å². The quantitative estimate of drug-likeness (QED) is 0.590. The van der Waals surface area contributed by atoms with Crippen molar-refractivity contribution in [2.75, 3.05) is 7.11 Å². The number of rotatable bonds is 4. The Kier molecular flexibility index (Phi) is 3.41. The molecule has 17 heavy (non-hydrogen) atoms. The highest BCUT2D eigenvalue weighted by atomic mass is 16.5. The summed E-state index contributed by atoms with van der Waals surface area (Å²) < 4.78 is 5.26. The van der Waals surface area contributed by atoms with Crippen molar-refractivity contribution in [1.82, 2.24) is 0 Å². The van der Waals surface area contributed by atoms with E-state index in [4.69, 9.17) is 4.74 Å². The molecule has 0 amide bonds. The zero-order valence-corrected chi connectivity index (χ0v) is 10.3. The summed E-state index contributed by atoms with van der Waals surface area (Å²) in [6.45, 7) is 2.01. The molecule has 1 fully saturated rings. The number of methoxy groups -OCH3 is 1. The molecule has 1 unspecified atom stereocenters. The van der Waals surface area contributed by atoms with Gasteiger partial charge in [-0.2, -0.15) is 4.99 Å². The third-order valence-electron chi connectivity index (χ3n) is 3.71. The Hall–Kier alpha value is -1.44. The van der Waals surface area contributed by atoms with Crippen LogP contribution in [0.15, 0.2) is 29.3 Å². The first-order chi connectivity index (χ1) is 8.22. The topological polar surface area (TPSA) is 38.7 Å². The van der Waals surface area contributed by atoms with Crippen molar-refractivity contribution in [2.24, 2.45) is 4.99 Å². The van der Waals surface area contributed by atoms with E-state index in [0.717, 1.165) is 30.4 Å². The summed E-state index contributed by atoms with van der Waals surface area (Å²) in [6, 6.07) is 8.18. The van der Waals surface area contributed by atoms with Crippen molar-refractivity contribution < 1.29 is 9.53 Å². The number of hydrogen-bond acceptors (Lipinski definition) is 3. The monoisotopic (exact) mass is 231 g/mol. The average molecular weight is 231 g/mol. The largest absolute Gasteiger partial charge is 0.377 e. The predicted octanol–water partition coefficient (Wildman–Crippen LogP) is 3.11. The SMILES string of the molecule is COC(C)c1ccc(C2(N=C=O)CCC2)cc1. The molecule has 0 heterocycles. The maximum absolute atomic E-state index is 10.5. The Labute approximate surface area is 102 Å². The minimum absolute atomic E-state index is 0.0935. The minimum atomic E-state index is -0.295. The fraction of sp³-hybridized carbons (Fsp3) is 0.500. The van der Waals surface area contributed by atoms with Crippen LogP contribution >= 0.6 is 0 Å². The van der Waals surface area contributed by atoms with Gasteiger partial charge in [0, 0.05) is 7.11 Å². The fourth-order valence-electron chi connectivity index (χ4n) is 2.26. The van der Waals surface area contributed by atoms with Crippen LogP contribution < -0.4 is 0 Å². The highest BCUT2D eigenvalue weighted by Crippen LogP contribution is 2.44. The first kappa shape index (κ1) is 12.0. The number of nitrogens with zero attached hydrogens (tertiary/aromatic N) is 1. The summed E-state index contributed by atoms with van der Waals surface area (Å²) >= 11 is 0. The van der Waals surface area contributed by atoms with E-state index in [2.05, 4.69) is 4.99 Å². The Balaban J connectivity index is 2.25. The van der Waals surface area contributed by atoms with Gasteiger partial charge in [0.25, 0.3) is 0 Å². The molecule has 1 aliphatic carbocycles. The molecule has 0 radical (unpaired) electrons. The Morgan fingerprint density at radius 2 is 2.00 bits per heavy atom. The Bertz CT molecular complexity index is 428. The lowest BCUT2D eigenvalue weighted by Gasteiger charge is -2.37. The van der Waals surface area contributed by atoms with Crippen molar-refractivity contribution >= 4 is 6.08 Å². The van der Waals surface area contributed by atoms with E-state index in [0.29, 0.717) is 0 Å². The third kappa shape index (κ3) is 2.17. The smallest absolute Gasteiger partial charge is 0.235 e. The molecule has 0 bridgehead atoms. The molecule has 0 spiro atoms. The molecule has 90 valence electrons. The number of carbonyl (C=O) groups excluding carboxylic acids is 1. The Morgan fingerprint density at radius 1 is 1.35 bits per heavy atom. The van der Waals surface area contributed by atoms with E-state index in [1.54, 1.807) is 13.2 Å². The first-order valence-electron chi connectivity index (χ1n) is 5.94. The number of ether oxygens (including phenoxy) is 1. The Morgan fingerprint density at radius 3 is 2.41 bits per heavy atom. The van der Waals surface area contributed by atoms with Gasteiger partial charge in [0.2, 0.25) is 6.08 Å². The minimum Gasteiger partial charge on any atom is -0.377 e. The standard InChI is InChI=1S/C14H17NO2/c1-11(17-2)12-4-6-13(7-5-12)14(15-10-16)8-3-9-14/h4-7,11H,3,8-9H2,1-2H3. The average Bonchev–Trinajstić information content (AvgIpc) is 2.33. The van der Waals surface area contributed by atoms with Gasteiger partial charge in [0.05, 0.1) is 11.6 Å². The normalized spacial score (nSPS) is 18.9. The molecule has 0 aliphatic heterocycles. The van der Waals surface area contributed by atoms with E-state index in [1.165, 1.54) is 0 Å². The van der Waals surface area contributed by atoms with E-state index in [1.807, 2.05) is 31.2 Å². The second-order valence-corrected chi connectivity index (χ2v) is 4.59. The highest BCUT2D eigenvalue weighted by Gasteiger charge is 2.38. The molecule has 0 N–H and O–H groups in total. The van der Waals surface area contributed by atoms with E-state index < -0.39 is 0 Å². The molecule has 1 atom stereocenters. The second kappa shape index (κ2) is 4.82. The van der Waals surface area contributed by atoms with Gasteiger partial charge < -0.3 is 4.74 Å². The van der Waals surface area contributed by atoms with Gasteiger partial charge in [-0.05, 0) is 37.3 Å². The third-order valence-corrected chi connectivity index (χ3v) is 3.71. The van der Waals surface area contributed by atoms with Crippen LogP contribution in [0, 0.1) is 0 Å². The molecule has 0 saturated heterocycles. The van der Waals surface area contributed by atoms with Crippen LogP contribution in [0.5, 0.6) is 0 Å². The summed E-state index contributed by atoms with van der Waals surface area (Å²) in [5, 5.41) is 0. The summed E-state index contributed by atoms with van der Waals surface area (Å²) in [4.78, 5) is 14.5. The number of isocyanates is 1. The molecule has 3 heteroatoms. The van der Waals surface area contributed by atoms with Crippen LogP contribution in [0.2, 0.25) is 0 Å². The van der Waals surface area contributed by atoms with Crippen LogP contribution in [0.4, 0.5) is 0 Å². The second-order valence-electron chi connectivity index (χ2n) is 4.59. The molecule has 1 aromatic rings. The summed E-state index contributed by atoms with van der Waals surface area (Å²) in [5.74, 6) is 0. The lowest BCUT2D eigenvalue weighted by Crippen LogP contribution is -2.31. The maximum atomic E-state index is 10.5. The van der Waals surface area contributed by atoms with Crippen LogP contribution in [0.3, 0.4) is 0 Å². The zero-order valence-electron chi connectivity index (χ0n) is 10.3. The van der Waals surface area contributed by atoms with Crippen molar-refractivity contribution in [3.8, 4) is 0 Å². The summed E-state index contributed by atoms with van der Waals surface area (Å²) in [7, 11) is 1.70. The molecule has 1 aromatic carbocycles. The van der Waals surface area contributed by atoms with E-state index in [9.17, 15) is 4.79 Å². The number of hydrogen-bond donors (Lipinski definition) is 0. The van der Waals surface area contributed by atoms with E-state index in [-0.39, 0.29) is 11.6 Å². The fourth-order valence-corrected chi connectivity index (χ4v) is 2.26. The van der Waals surface area contributed by atoms with Crippen molar-refractivity contribution in [3.05, 3.63) is 35.4 Å². The molecule has 2 rings (SSSR count). The predicted molar refractivity (Wildman–Crippen MR) is 65.5 cm³/mol. The first-order valence-corrected chi connectivity index (χ1v) is 5.94. The highest BCUT2D eigenvalue weighted by molar-refractivity contribution is 5.40. The van der Waals surface area contributed by atoms with E-state index >= 15 is 0 Å². The molecular weight excluding hydrogens is 214 g/mol. The lowest BCUT2D eigenvalue weighted by molar-refractivity contribution is 0.119. The van der Waals surface area contributed by atoms with Crippen LogP contribution in [0.25, 0.3) is 0 Å². The van der Waals surface area contributed by atoms with Crippen molar-refractivity contribution in [2.45, 2.75) is 37.8 Å². The number of benzene rings is 1. The van der Waals surface area contributed by atoms with Gasteiger partial charge in [-0.15, -0.1) is 0 Å². The molecule has 1 aliphatic rings. The zero-order chi connectivity index (χ0) is 12.3. The van der Waals surface area contributed by atoms with Crippen molar-refractivity contribution in [1.29, 1.82) is 0 Å². The van der Waals surface area contributed by atoms with Gasteiger partial charge >= 0.3 is 0 Å². The van der Waals surface area contributed by atoms with Crippen LogP contribution in [-0.2, 0) is 15.1 Å². The molecule has 3 nitrogen and oxygen atoms in total. The van der Waals surface area contributed by atoms with Crippen LogP contribution in [0.1, 0.15) is 43.4 Å².